The van der Waals surface area contributed by atoms with E-state index in [0.29, 0.717) is 5.92 Å². The Kier molecular flexibility index (Phi) is 4.54. The van der Waals surface area contributed by atoms with Gasteiger partial charge < -0.3 is 4.90 Å². The van der Waals surface area contributed by atoms with Crippen LogP contribution in [-0.4, -0.2) is 25.8 Å². The molecule has 1 unspecified atom stereocenters. The van der Waals surface area contributed by atoms with E-state index in [1.54, 1.807) is 4.90 Å². The summed E-state index contributed by atoms with van der Waals surface area (Å²) in [7, 11) is 2.31. The summed E-state index contributed by atoms with van der Waals surface area (Å²) in [6, 6.07) is 11.4. The van der Waals surface area contributed by atoms with Gasteiger partial charge in [0.2, 0.25) is 0 Å². The second kappa shape index (κ2) is 6.14. The number of piperidine rings is 1. The molecule has 0 amide bonds. The van der Waals surface area contributed by atoms with Crippen LogP contribution in [0, 0.1) is 11.8 Å². The Bertz CT molecular complexity index is 385. The maximum Gasteiger partial charge on any atom is 0.165 e. The molecule has 4 atom stereocenters. The molecule has 0 bridgehead atoms. The first-order chi connectivity index (χ1) is 8.66. The van der Waals surface area contributed by atoms with E-state index in [-0.39, 0.29) is 0 Å². The molecular weight excluding hydrogens is 220 g/mol. The third kappa shape index (κ3) is 3.42. The predicted octanol–water partition coefficient (Wildman–Crippen LogP) is -0.103. The van der Waals surface area contributed by atoms with Crippen LogP contribution >= 0.6 is 0 Å². The van der Waals surface area contributed by atoms with Crippen LogP contribution in [-0.2, 0) is 6.54 Å². The zero-order valence-electron chi connectivity index (χ0n) is 11.8. The van der Waals surface area contributed by atoms with Crippen LogP contribution in [0.2, 0.25) is 0 Å². The smallest absolute Gasteiger partial charge is 0.165 e. The molecule has 98 valence electrons. The molecule has 18 heavy (non-hydrogen) atoms. The fourth-order valence-corrected chi connectivity index (χ4v) is 2.86. The highest BCUT2D eigenvalue weighted by Crippen LogP contribution is 2.16. The molecule has 1 aliphatic heterocycles. The predicted molar refractivity (Wildman–Crippen MR) is 75.7 cm³/mol. The number of nitrogens with one attached hydrogen (secondary N) is 2. The van der Waals surface area contributed by atoms with Gasteiger partial charge in [-0.1, -0.05) is 37.3 Å². The Morgan fingerprint density at radius 3 is 2.72 bits per heavy atom. The van der Waals surface area contributed by atoms with Crippen LogP contribution in [0.4, 0.5) is 0 Å². The number of likely N-dealkylation sites (tertiary alicyclic amines) is 1. The zero-order chi connectivity index (χ0) is 13.0. The number of benzene rings is 1. The van der Waals surface area contributed by atoms with E-state index in [1.165, 1.54) is 18.5 Å². The number of rotatable bonds is 3. The molecule has 0 saturated carbocycles. The second-order valence-corrected chi connectivity index (χ2v) is 5.86. The van der Waals surface area contributed by atoms with Crippen molar-refractivity contribution >= 4 is 6.21 Å². The summed E-state index contributed by atoms with van der Waals surface area (Å²) in [5.41, 5.74) is 1.35. The molecule has 2 N–H and O–H groups in total. The lowest BCUT2D eigenvalue weighted by Gasteiger charge is -2.34. The van der Waals surface area contributed by atoms with Crippen LogP contribution in [0.15, 0.2) is 30.3 Å². The molecule has 0 radical (unpaired) electrons. The van der Waals surface area contributed by atoms with Crippen molar-refractivity contribution in [2.45, 2.75) is 32.9 Å². The van der Waals surface area contributed by atoms with Crippen LogP contribution < -0.4 is 9.89 Å². The summed E-state index contributed by atoms with van der Waals surface area (Å²) in [4.78, 5) is 5.18. The summed E-state index contributed by atoms with van der Waals surface area (Å²) < 4.78 is 0. The highest BCUT2D eigenvalue weighted by molar-refractivity contribution is 5.54. The van der Waals surface area contributed by atoms with Crippen LogP contribution in [0.3, 0.4) is 0 Å². The lowest BCUT2D eigenvalue weighted by Crippen LogP contribution is -3.14. The van der Waals surface area contributed by atoms with Crippen molar-refractivity contribution in [3.05, 3.63) is 35.9 Å². The Hall–Kier alpha value is -1.15. The minimum absolute atomic E-state index is 0.715. The van der Waals surface area contributed by atoms with Crippen molar-refractivity contribution in [1.82, 2.24) is 0 Å². The highest BCUT2D eigenvalue weighted by atomic mass is 15.1. The first-order valence-corrected chi connectivity index (χ1v) is 7.09. The standard InChI is InChI=1S/C16H24N2/c1-13-12-18(3)14(2)9-16(13)11-17-10-15-7-5-4-6-8-15/h4-8,11,13-14,16H,9-10,12H2,1-3H3/p+2/t13-,14-,16+/m1/s1. The molecule has 1 fully saturated rings. The molecule has 0 spiro atoms. The first-order valence-electron chi connectivity index (χ1n) is 7.09. The quantitative estimate of drug-likeness (QED) is 0.694. The van der Waals surface area contributed by atoms with Crippen molar-refractivity contribution in [2.24, 2.45) is 11.8 Å². The molecule has 1 aliphatic rings. The molecule has 2 heteroatoms. The molecule has 1 aromatic carbocycles. The largest absolute Gasteiger partial charge is 0.335 e. The maximum absolute atomic E-state index is 3.50. The van der Waals surface area contributed by atoms with Crippen molar-refractivity contribution in [3.63, 3.8) is 0 Å². The molecule has 2 nitrogen and oxygen atoms in total. The normalized spacial score (nSPS) is 32.8. The highest BCUT2D eigenvalue weighted by Gasteiger charge is 2.32. The van der Waals surface area contributed by atoms with Crippen LogP contribution in [0.1, 0.15) is 25.8 Å². The van der Waals surface area contributed by atoms with E-state index in [0.717, 1.165) is 18.5 Å². The summed E-state index contributed by atoms with van der Waals surface area (Å²) in [5.74, 6) is 1.50. The topological polar surface area (TPSA) is 18.4 Å². The van der Waals surface area contributed by atoms with Gasteiger partial charge in [0.25, 0.3) is 0 Å². The van der Waals surface area contributed by atoms with Gasteiger partial charge in [-0.3, -0.25) is 0 Å². The maximum atomic E-state index is 3.50. The van der Waals surface area contributed by atoms with Crippen LogP contribution in [0.5, 0.6) is 0 Å². The third-order valence-corrected chi connectivity index (χ3v) is 4.32. The van der Waals surface area contributed by atoms with E-state index in [1.807, 2.05) is 0 Å². The minimum Gasteiger partial charge on any atom is -0.335 e. The van der Waals surface area contributed by atoms with Gasteiger partial charge in [-0.2, -0.15) is 0 Å². The monoisotopic (exact) mass is 246 g/mol. The Morgan fingerprint density at radius 1 is 1.28 bits per heavy atom. The van der Waals surface area contributed by atoms with E-state index in [2.05, 4.69) is 62.4 Å². The van der Waals surface area contributed by atoms with Gasteiger partial charge in [-0.05, 0) is 6.92 Å². The number of quaternary nitrogens is 1. The third-order valence-electron chi connectivity index (χ3n) is 4.32. The minimum atomic E-state index is 0.715. The van der Waals surface area contributed by atoms with Gasteiger partial charge in [-0.15, -0.1) is 0 Å². The molecule has 1 heterocycles. The molecular formula is C16H26N2+2. The summed E-state index contributed by atoms with van der Waals surface area (Å²) >= 11 is 0. The average Bonchev–Trinajstić information content (AvgIpc) is 2.37. The first kappa shape index (κ1) is 13.3. The van der Waals surface area contributed by atoms with E-state index in [4.69, 9.17) is 0 Å². The Morgan fingerprint density at radius 2 is 2.00 bits per heavy atom. The van der Waals surface area contributed by atoms with Crippen molar-refractivity contribution in [1.29, 1.82) is 0 Å². The Labute approximate surface area is 111 Å². The fraction of sp³-hybridized carbons (Fsp3) is 0.562. The summed E-state index contributed by atoms with van der Waals surface area (Å²) in [6.07, 6.45) is 3.63. The number of hydrogen-bond acceptors (Lipinski definition) is 0. The van der Waals surface area contributed by atoms with Crippen LogP contribution in [0.25, 0.3) is 0 Å². The molecule has 2 rings (SSSR count). The van der Waals surface area contributed by atoms with E-state index >= 15 is 0 Å². The zero-order valence-corrected chi connectivity index (χ0v) is 11.8. The van der Waals surface area contributed by atoms with E-state index in [9.17, 15) is 0 Å². The van der Waals surface area contributed by atoms with Gasteiger partial charge in [0.05, 0.1) is 19.6 Å². The van der Waals surface area contributed by atoms with Crippen molar-refractivity contribution < 1.29 is 9.89 Å². The Balaban J connectivity index is 1.89. The molecule has 1 aromatic rings. The second-order valence-electron chi connectivity index (χ2n) is 5.86. The van der Waals surface area contributed by atoms with Crippen molar-refractivity contribution in [3.8, 4) is 0 Å². The SMILES string of the molecule is C[C@@H]1C[NH+](C)[C@H](C)C[C@H]1C=[NH+]Cc1ccccc1. The average molecular weight is 246 g/mol. The molecule has 1 saturated heterocycles. The lowest BCUT2D eigenvalue weighted by molar-refractivity contribution is -0.913. The number of hydrogen-bond donors (Lipinski definition) is 2. The lowest BCUT2D eigenvalue weighted by atomic mass is 9.84. The molecule has 0 aliphatic carbocycles. The van der Waals surface area contributed by atoms with Gasteiger partial charge in [-0.25, -0.2) is 4.99 Å². The van der Waals surface area contributed by atoms with Gasteiger partial charge >= 0.3 is 0 Å². The fourth-order valence-electron chi connectivity index (χ4n) is 2.86. The van der Waals surface area contributed by atoms with Crippen molar-refractivity contribution in [2.75, 3.05) is 13.6 Å². The summed E-state index contributed by atoms with van der Waals surface area (Å²) in [5, 5.41) is 0. The van der Waals surface area contributed by atoms with Gasteiger partial charge in [0.1, 0.15) is 6.21 Å². The summed E-state index contributed by atoms with van der Waals surface area (Å²) in [6.45, 7) is 6.97. The van der Waals surface area contributed by atoms with Gasteiger partial charge in [0, 0.05) is 23.8 Å². The van der Waals surface area contributed by atoms with E-state index < -0.39 is 0 Å². The molecule has 0 aromatic heterocycles. The van der Waals surface area contributed by atoms with Gasteiger partial charge in [0.15, 0.2) is 6.54 Å².